The number of anilines is 1. The van der Waals surface area contributed by atoms with E-state index in [1.54, 1.807) is 13.0 Å². The lowest BCUT2D eigenvalue weighted by molar-refractivity contribution is 0.102. The molecule has 0 saturated carbocycles. The van der Waals surface area contributed by atoms with Crippen LogP contribution in [0.1, 0.15) is 16.1 Å². The van der Waals surface area contributed by atoms with Gasteiger partial charge in [0.2, 0.25) is 0 Å². The van der Waals surface area contributed by atoms with Gasteiger partial charge in [-0.2, -0.15) is 0 Å². The number of hydrogen-bond acceptors (Lipinski definition) is 7. The number of carbonyl (C=O) groups excluding carboxylic acids is 1. The molecule has 0 bridgehead atoms. The van der Waals surface area contributed by atoms with E-state index in [4.69, 9.17) is 14.2 Å². The van der Waals surface area contributed by atoms with Crippen LogP contribution in [0, 0.1) is 18.6 Å². The predicted octanol–water partition coefficient (Wildman–Crippen LogP) is 6.19. The third-order valence-electron chi connectivity index (χ3n) is 6.15. The number of hydrogen-bond donors (Lipinski definition) is 1. The monoisotopic (exact) mass is 622 g/mol. The van der Waals surface area contributed by atoms with Gasteiger partial charge in [0.25, 0.3) is 17.3 Å². The summed E-state index contributed by atoms with van der Waals surface area (Å²) in [6.07, 6.45) is 1.48. The molecule has 3 aromatic heterocycles. The van der Waals surface area contributed by atoms with Crippen molar-refractivity contribution in [1.82, 2.24) is 14.5 Å². The van der Waals surface area contributed by atoms with E-state index in [-0.39, 0.29) is 28.6 Å². The minimum Gasteiger partial charge on any atom is -0.491 e. The Morgan fingerprint density at radius 2 is 1.71 bits per heavy atom. The number of pyridine rings is 3. The second-order valence-electron chi connectivity index (χ2n) is 8.69. The molecular formula is C29H21BrF2N4O5. The zero-order valence-corrected chi connectivity index (χ0v) is 23.5. The Hall–Kier alpha value is -4.84. The fourth-order valence-electron chi connectivity index (χ4n) is 4.10. The smallest absolute Gasteiger partial charge is 0.268 e. The maximum atomic E-state index is 15.1. The summed E-state index contributed by atoms with van der Waals surface area (Å²) in [5.74, 6) is -1.33. The summed E-state index contributed by atoms with van der Waals surface area (Å²) >= 11 is 3.37. The van der Waals surface area contributed by atoms with Crippen molar-refractivity contribution in [2.75, 3.05) is 19.5 Å². The molecule has 1 amide bonds. The summed E-state index contributed by atoms with van der Waals surface area (Å²) < 4.78 is 46.6. The number of fused-ring (bicyclic) bond motifs is 1. The molecule has 0 atom stereocenters. The van der Waals surface area contributed by atoms with Crippen LogP contribution in [-0.2, 0) is 0 Å². The second-order valence-corrected chi connectivity index (χ2v) is 9.54. The molecule has 0 fully saturated rings. The second kappa shape index (κ2) is 11.3. The lowest BCUT2D eigenvalue weighted by Gasteiger charge is -2.15. The predicted molar refractivity (Wildman–Crippen MR) is 152 cm³/mol. The van der Waals surface area contributed by atoms with Gasteiger partial charge >= 0.3 is 0 Å². The number of carbonyl (C=O) groups is 1. The molecule has 5 aromatic rings. The van der Waals surface area contributed by atoms with Crippen molar-refractivity contribution >= 4 is 38.6 Å². The Morgan fingerprint density at radius 1 is 0.951 bits per heavy atom. The Morgan fingerprint density at radius 3 is 2.39 bits per heavy atom. The summed E-state index contributed by atoms with van der Waals surface area (Å²) in [6, 6.07) is 13.6. The molecular weight excluding hydrogens is 602 g/mol. The fraction of sp³-hybridized carbons (Fsp3) is 0.103. The van der Waals surface area contributed by atoms with Gasteiger partial charge in [-0.1, -0.05) is 0 Å². The lowest BCUT2D eigenvalue weighted by atomic mass is 10.2. The van der Waals surface area contributed by atoms with E-state index in [1.807, 2.05) is 0 Å². The molecule has 208 valence electrons. The highest BCUT2D eigenvalue weighted by atomic mass is 79.9. The topological polar surface area (TPSA) is 105 Å². The van der Waals surface area contributed by atoms with E-state index >= 15 is 4.39 Å². The normalized spacial score (nSPS) is 10.9. The average molecular weight is 623 g/mol. The molecule has 3 heterocycles. The number of nitrogens with zero attached hydrogens (tertiary/aromatic N) is 3. The number of amides is 1. The maximum absolute atomic E-state index is 15.1. The lowest BCUT2D eigenvalue weighted by Crippen LogP contribution is -2.30. The van der Waals surface area contributed by atoms with E-state index in [0.29, 0.717) is 32.6 Å². The van der Waals surface area contributed by atoms with Gasteiger partial charge in [0, 0.05) is 45.9 Å². The van der Waals surface area contributed by atoms with E-state index in [1.165, 1.54) is 73.5 Å². The molecule has 41 heavy (non-hydrogen) atoms. The average Bonchev–Trinajstić information content (AvgIpc) is 2.96. The number of benzene rings is 2. The van der Waals surface area contributed by atoms with Crippen LogP contribution in [0.4, 0.5) is 14.5 Å². The molecule has 9 nitrogen and oxygen atoms in total. The standard InChI is InChI=1S/C29H21BrF2N4O5/c1-15-20(30)13-19(29(38)36(15)18-7-4-16(31)5-8-18)27(37)34-17-6-9-23(21(32)12-17)41-24-10-11-33-22-14-25(39-2)28(40-3)35-26(22)24/h4-14H,1-3H3,(H,34,37). The Bertz CT molecular complexity index is 1860. The van der Waals surface area contributed by atoms with Crippen LogP contribution in [-0.4, -0.2) is 34.7 Å². The number of aromatic nitrogens is 3. The number of methoxy groups -OCH3 is 2. The summed E-state index contributed by atoms with van der Waals surface area (Å²) in [5.41, 5.74) is 0.925. The number of ether oxygens (including phenoxy) is 3. The zero-order valence-electron chi connectivity index (χ0n) is 21.9. The van der Waals surface area contributed by atoms with Crippen LogP contribution in [0.25, 0.3) is 16.7 Å². The molecule has 0 aliphatic carbocycles. The molecule has 0 unspecified atom stereocenters. The van der Waals surface area contributed by atoms with Crippen molar-refractivity contribution < 1.29 is 27.8 Å². The molecule has 5 rings (SSSR count). The van der Waals surface area contributed by atoms with Crippen LogP contribution >= 0.6 is 15.9 Å². The van der Waals surface area contributed by atoms with Crippen molar-refractivity contribution in [2.45, 2.75) is 6.92 Å². The van der Waals surface area contributed by atoms with E-state index in [0.717, 1.165) is 6.07 Å². The first-order chi connectivity index (χ1) is 19.7. The highest BCUT2D eigenvalue weighted by molar-refractivity contribution is 9.10. The van der Waals surface area contributed by atoms with Crippen molar-refractivity contribution in [2.24, 2.45) is 0 Å². The van der Waals surface area contributed by atoms with Crippen molar-refractivity contribution in [3.8, 4) is 28.8 Å². The zero-order chi connectivity index (χ0) is 29.3. The van der Waals surface area contributed by atoms with Gasteiger partial charge in [0.05, 0.1) is 19.7 Å². The summed E-state index contributed by atoms with van der Waals surface area (Å²) in [7, 11) is 2.91. The van der Waals surface area contributed by atoms with Gasteiger partial charge in [-0.05, 0) is 65.3 Å². The van der Waals surface area contributed by atoms with Crippen LogP contribution < -0.4 is 25.1 Å². The first-order valence-electron chi connectivity index (χ1n) is 12.0. The van der Waals surface area contributed by atoms with Gasteiger partial charge in [0.1, 0.15) is 16.9 Å². The quantitative estimate of drug-likeness (QED) is 0.231. The fourth-order valence-corrected chi connectivity index (χ4v) is 4.51. The van der Waals surface area contributed by atoms with Gasteiger partial charge in [-0.25, -0.2) is 13.8 Å². The Balaban J connectivity index is 1.42. The molecule has 1 N–H and O–H groups in total. The van der Waals surface area contributed by atoms with Crippen LogP contribution in [0.2, 0.25) is 0 Å². The third kappa shape index (κ3) is 5.46. The van der Waals surface area contributed by atoms with Crippen molar-refractivity contribution in [3.05, 3.63) is 105 Å². The summed E-state index contributed by atoms with van der Waals surface area (Å²) in [4.78, 5) is 34.9. The SMILES string of the molecule is COc1cc2nccc(Oc3ccc(NC(=O)c4cc(Br)c(C)n(-c5ccc(F)cc5)c4=O)cc3F)c2nc1OC. The number of halogens is 3. The number of rotatable bonds is 7. The first-order valence-corrected chi connectivity index (χ1v) is 12.8. The summed E-state index contributed by atoms with van der Waals surface area (Å²) in [5, 5.41) is 2.54. The molecule has 0 saturated heterocycles. The molecule has 0 radical (unpaired) electrons. The number of nitrogens with one attached hydrogen (secondary N) is 1. The Kier molecular flexibility index (Phi) is 7.66. The van der Waals surface area contributed by atoms with Crippen LogP contribution in [0.15, 0.2) is 76.1 Å². The van der Waals surface area contributed by atoms with Crippen molar-refractivity contribution in [1.29, 1.82) is 0 Å². The van der Waals surface area contributed by atoms with Gasteiger partial charge in [-0.3, -0.25) is 19.1 Å². The minimum absolute atomic E-state index is 0.0911. The first kappa shape index (κ1) is 27.7. The van der Waals surface area contributed by atoms with E-state index in [2.05, 4.69) is 31.2 Å². The minimum atomic E-state index is -0.776. The van der Waals surface area contributed by atoms with Crippen LogP contribution in [0.5, 0.6) is 23.1 Å². The maximum Gasteiger partial charge on any atom is 0.268 e. The van der Waals surface area contributed by atoms with Gasteiger partial charge in [-0.15, -0.1) is 0 Å². The van der Waals surface area contributed by atoms with Gasteiger partial charge < -0.3 is 19.5 Å². The van der Waals surface area contributed by atoms with Crippen LogP contribution in [0.3, 0.4) is 0 Å². The molecule has 12 heteroatoms. The molecule has 0 spiro atoms. The van der Waals surface area contributed by atoms with Gasteiger partial charge in [0.15, 0.2) is 23.1 Å². The molecule has 0 aliphatic heterocycles. The van der Waals surface area contributed by atoms with E-state index < -0.39 is 23.1 Å². The van der Waals surface area contributed by atoms with E-state index in [9.17, 15) is 14.0 Å². The van der Waals surface area contributed by atoms with Crippen molar-refractivity contribution in [3.63, 3.8) is 0 Å². The highest BCUT2D eigenvalue weighted by Crippen LogP contribution is 2.35. The summed E-state index contributed by atoms with van der Waals surface area (Å²) in [6.45, 7) is 1.68. The highest BCUT2D eigenvalue weighted by Gasteiger charge is 2.19. The largest absolute Gasteiger partial charge is 0.491 e. The molecule has 0 aliphatic rings. The Labute approximate surface area is 240 Å². The molecule has 2 aromatic carbocycles. The third-order valence-corrected chi connectivity index (χ3v) is 6.95.